The number of fused-ring (bicyclic) bond motifs is 4. The summed E-state index contributed by atoms with van der Waals surface area (Å²) < 4.78 is 28.0. The molecule has 2 aliphatic rings. The molecule has 2 aromatic carbocycles. The minimum Gasteiger partial charge on any atom is -0.507 e. The second-order valence-corrected chi connectivity index (χ2v) is 7.03. The lowest BCUT2D eigenvalue weighted by molar-refractivity contribution is 0.477. The Morgan fingerprint density at radius 2 is 1.70 bits per heavy atom. The van der Waals surface area contributed by atoms with E-state index >= 15 is 0 Å². The number of allylic oxidation sites excluding steroid dienone is 3. The summed E-state index contributed by atoms with van der Waals surface area (Å²) in [7, 11) is 0. The van der Waals surface area contributed by atoms with Gasteiger partial charge in [-0.05, 0) is 58.5 Å². The number of hydrogen-bond donors (Lipinski definition) is 1. The normalized spacial score (nSPS) is 15.8. The summed E-state index contributed by atoms with van der Waals surface area (Å²) >= 11 is 0. The van der Waals surface area contributed by atoms with Gasteiger partial charge in [0.25, 0.3) is 0 Å². The van der Waals surface area contributed by atoms with E-state index in [0.29, 0.717) is 39.1 Å². The van der Waals surface area contributed by atoms with Crippen molar-refractivity contribution in [1.82, 2.24) is 4.98 Å². The molecule has 0 amide bonds. The minimum atomic E-state index is -1.04. The number of nitriles is 2. The number of phenolic OH excluding ortho intramolecular Hbond substituents is 1. The van der Waals surface area contributed by atoms with Crippen LogP contribution in [-0.2, 0) is 6.42 Å². The maximum Gasteiger partial charge on any atom is 0.159 e. The highest BCUT2D eigenvalue weighted by molar-refractivity contribution is 6.09. The Balaban J connectivity index is 1.93. The molecular formula is C24H11F2N3O. The molecule has 30 heavy (non-hydrogen) atoms. The van der Waals surface area contributed by atoms with E-state index in [4.69, 9.17) is 0 Å². The quantitative estimate of drug-likeness (QED) is 0.429. The van der Waals surface area contributed by atoms with E-state index in [1.54, 1.807) is 24.4 Å². The van der Waals surface area contributed by atoms with E-state index in [1.807, 2.05) is 24.3 Å². The van der Waals surface area contributed by atoms with E-state index in [0.717, 1.165) is 17.7 Å². The summed E-state index contributed by atoms with van der Waals surface area (Å²) in [6.45, 7) is 0. The first-order valence-corrected chi connectivity index (χ1v) is 9.09. The molecule has 0 atom stereocenters. The molecule has 0 saturated heterocycles. The lowest BCUT2D eigenvalue weighted by atomic mass is 9.91. The molecule has 6 heteroatoms. The molecule has 1 N–H and O–H groups in total. The molecule has 0 spiro atoms. The zero-order chi connectivity index (χ0) is 21.0. The van der Waals surface area contributed by atoms with Gasteiger partial charge in [0.1, 0.15) is 23.5 Å². The van der Waals surface area contributed by atoms with Crippen LogP contribution in [0.4, 0.5) is 8.78 Å². The SMILES string of the molecule is N#CC(C#N)=C1/C(=C2/c3cccnc3-c3c(O)cccc32)Cc2cc(F)c(F)cc21. The fourth-order valence-corrected chi connectivity index (χ4v) is 4.32. The lowest BCUT2D eigenvalue weighted by Crippen LogP contribution is -1.94. The predicted octanol–water partition coefficient (Wildman–Crippen LogP) is 4.90. The molecule has 142 valence electrons. The zero-order valence-electron chi connectivity index (χ0n) is 15.4. The molecule has 0 unspecified atom stereocenters. The number of hydrogen-bond acceptors (Lipinski definition) is 4. The summed E-state index contributed by atoms with van der Waals surface area (Å²) in [4.78, 5) is 4.41. The summed E-state index contributed by atoms with van der Waals surface area (Å²) in [6, 6.07) is 14.6. The first-order valence-electron chi connectivity index (χ1n) is 9.09. The second-order valence-electron chi connectivity index (χ2n) is 7.03. The Bertz CT molecular complexity index is 1410. The number of aromatic nitrogens is 1. The smallest absolute Gasteiger partial charge is 0.159 e. The van der Waals surface area contributed by atoms with Crippen molar-refractivity contribution in [3.63, 3.8) is 0 Å². The van der Waals surface area contributed by atoms with E-state index in [2.05, 4.69) is 4.98 Å². The highest BCUT2D eigenvalue weighted by Gasteiger charge is 2.35. The first kappa shape index (κ1) is 17.8. The van der Waals surface area contributed by atoms with Gasteiger partial charge in [0, 0.05) is 17.3 Å². The van der Waals surface area contributed by atoms with Gasteiger partial charge in [-0.1, -0.05) is 18.2 Å². The van der Waals surface area contributed by atoms with E-state index in [1.165, 1.54) is 0 Å². The van der Waals surface area contributed by atoms with Crippen molar-refractivity contribution in [3.05, 3.63) is 93.7 Å². The van der Waals surface area contributed by atoms with Crippen LogP contribution in [0.25, 0.3) is 22.4 Å². The second kappa shape index (κ2) is 6.37. The third-order valence-corrected chi connectivity index (χ3v) is 5.49. The maximum absolute atomic E-state index is 14.0. The summed E-state index contributed by atoms with van der Waals surface area (Å²) in [5, 5.41) is 29.6. The van der Waals surface area contributed by atoms with E-state index in [-0.39, 0.29) is 23.3 Å². The molecule has 5 rings (SSSR count). The molecule has 4 nitrogen and oxygen atoms in total. The van der Waals surface area contributed by atoms with Crippen molar-refractivity contribution >= 4 is 11.1 Å². The van der Waals surface area contributed by atoms with Crippen molar-refractivity contribution in [2.24, 2.45) is 0 Å². The molecule has 0 aliphatic heterocycles. The van der Waals surface area contributed by atoms with Crippen LogP contribution in [0.2, 0.25) is 0 Å². The number of pyridine rings is 1. The number of rotatable bonds is 0. The highest BCUT2D eigenvalue weighted by Crippen LogP contribution is 2.52. The average molecular weight is 395 g/mol. The summed E-state index contributed by atoms with van der Waals surface area (Å²) in [5.74, 6) is -1.97. The zero-order valence-corrected chi connectivity index (χ0v) is 15.4. The fraction of sp³-hybridized carbons (Fsp3) is 0.0417. The molecule has 3 aromatic rings. The van der Waals surface area contributed by atoms with Crippen molar-refractivity contribution in [2.75, 3.05) is 0 Å². The Kier molecular flexibility index (Phi) is 3.77. The largest absolute Gasteiger partial charge is 0.507 e. The molecule has 0 saturated carbocycles. The summed E-state index contributed by atoms with van der Waals surface area (Å²) in [6.07, 6.45) is 1.83. The van der Waals surface area contributed by atoms with Gasteiger partial charge in [0.15, 0.2) is 11.6 Å². The number of phenols is 1. The van der Waals surface area contributed by atoms with E-state index < -0.39 is 11.6 Å². The molecule has 0 fully saturated rings. The molecule has 0 bridgehead atoms. The highest BCUT2D eigenvalue weighted by atomic mass is 19.2. The first-order chi connectivity index (χ1) is 14.5. The number of nitrogens with zero attached hydrogens (tertiary/aromatic N) is 3. The van der Waals surface area contributed by atoms with Gasteiger partial charge in [-0.15, -0.1) is 0 Å². The number of aromatic hydroxyl groups is 1. The third kappa shape index (κ3) is 2.31. The van der Waals surface area contributed by atoms with Crippen molar-refractivity contribution in [1.29, 1.82) is 10.5 Å². The van der Waals surface area contributed by atoms with Crippen LogP contribution in [0.3, 0.4) is 0 Å². The average Bonchev–Trinajstić information content (AvgIpc) is 3.26. The van der Waals surface area contributed by atoms with Crippen LogP contribution in [0.5, 0.6) is 5.75 Å². The Morgan fingerprint density at radius 3 is 2.47 bits per heavy atom. The van der Waals surface area contributed by atoms with Gasteiger partial charge in [0.2, 0.25) is 0 Å². The van der Waals surface area contributed by atoms with Crippen LogP contribution in [0, 0.1) is 34.3 Å². The molecule has 1 heterocycles. The summed E-state index contributed by atoms with van der Waals surface area (Å²) in [5.41, 5.74) is 4.78. The number of halogens is 2. The van der Waals surface area contributed by atoms with Crippen LogP contribution in [0.15, 0.2) is 59.8 Å². The van der Waals surface area contributed by atoms with Gasteiger partial charge in [-0.3, -0.25) is 4.98 Å². The van der Waals surface area contributed by atoms with Crippen molar-refractivity contribution in [3.8, 4) is 29.1 Å². The van der Waals surface area contributed by atoms with Crippen molar-refractivity contribution in [2.45, 2.75) is 6.42 Å². The lowest BCUT2D eigenvalue weighted by Gasteiger charge is -2.10. The Labute approximate surface area is 170 Å². The molecular weight excluding hydrogens is 384 g/mol. The van der Waals surface area contributed by atoms with Crippen LogP contribution in [0.1, 0.15) is 22.3 Å². The standard InChI is InChI=1S/C24H11F2N3O/c25-18-8-12-7-17(21(13(10-27)11-28)16(12)9-19(18)26)22-14-3-1-5-20(30)23(14)24-15(22)4-2-6-29-24/h1-6,8-9,30H,7H2/b22-17+. The van der Waals surface area contributed by atoms with Crippen LogP contribution in [-0.4, -0.2) is 10.1 Å². The predicted molar refractivity (Wildman–Crippen MR) is 106 cm³/mol. The van der Waals surface area contributed by atoms with Gasteiger partial charge >= 0.3 is 0 Å². The Morgan fingerprint density at radius 1 is 0.967 bits per heavy atom. The van der Waals surface area contributed by atoms with Gasteiger partial charge < -0.3 is 5.11 Å². The topological polar surface area (TPSA) is 80.7 Å². The van der Waals surface area contributed by atoms with Gasteiger partial charge in [-0.2, -0.15) is 10.5 Å². The van der Waals surface area contributed by atoms with Crippen LogP contribution < -0.4 is 0 Å². The number of benzene rings is 2. The van der Waals surface area contributed by atoms with Gasteiger partial charge in [0.05, 0.1) is 11.3 Å². The molecule has 1 aromatic heterocycles. The maximum atomic E-state index is 14.0. The van der Waals surface area contributed by atoms with E-state index in [9.17, 15) is 24.4 Å². The fourth-order valence-electron chi connectivity index (χ4n) is 4.32. The van der Waals surface area contributed by atoms with Crippen LogP contribution >= 0.6 is 0 Å². The molecule has 0 radical (unpaired) electrons. The third-order valence-electron chi connectivity index (χ3n) is 5.49. The Hall–Kier alpha value is -4.29. The minimum absolute atomic E-state index is 0.0574. The van der Waals surface area contributed by atoms with Crippen molar-refractivity contribution < 1.29 is 13.9 Å². The van der Waals surface area contributed by atoms with Gasteiger partial charge in [-0.25, -0.2) is 8.78 Å². The monoisotopic (exact) mass is 395 g/mol. The molecule has 2 aliphatic carbocycles.